The van der Waals surface area contributed by atoms with Crippen LogP contribution in [0, 0.1) is 5.92 Å². The van der Waals surface area contributed by atoms with Gasteiger partial charge in [-0.05, 0) is 5.56 Å². The fourth-order valence-corrected chi connectivity index (χ4v) is 1.82. The van der Waals surface area contributed by atoms with Crippen molar-refractivity contribution in [2.45, 2.75) is 6.61 Å². The molecule has 6 nitrogen and oxygen atoms in total. The molecule has 0 amide bonds. The number of hydroxylamine groups is 2. The van der Waals surface area contributed by atoms with Crippen molar-refractivity contribution in [3.05, 3.63) is 41.6 Å². The zero-order chi connectivity index (χ0) is 13.8. The first kappa shape index (κ1) is 13.0. The minimum atomic E-state index is -1.48. The van der Waals surface area contributed by atoms with E-state index in [1.54, 1.807) is 0 Å². The topological polar surface area (TPSA) is 83.9 Å². The zero-order valence-corrected chi connectivity index (χ0v) is 9.91. The number of ketones is 1. The summed E-state index contributed by atoms with van der Waals surface area (Å²) < 4.78 is 0. The van der Waals surface area contributed by atoms with Gasteiger partial charge in [0.25, 0.3) is 0 Å². The average molecular weight is 261 g/mol. The summed E-state index contributed by atoms with van der Waals surface area (Å²) in [4.78, 5) is 38.5. The van der Waals surface area contributed by atoms with Crippen LogP contribution in [0.5, 0.6) is 0 Å². The first-order chi connectivity index (χ1) is 9.13. The van der Waals surface area contributed by atoms with Crippen LogP contribution in [0.1, 0.15) is 5.56 Å². The molecule has 1 saturated heterocycles. The summed E-state index contributed by atoms with van der Waals surface area (Å²) >= 11 is 0. The summed E-state index contributed by atoms with van der Waals surface area (Å²) in [5, 5.41) is 9.89. The van der Waals surface area contributed by atoms with E-state index in [9.17, 15) is 14.4 Å². The largest absolute Gasteiger partial charge is 0.480 e. The second-order valence-electron chi connectivity index (χ2n) is 4.02. The molecule has 1 aromatic rings. The summed E-state index contributed by atoms with van der Waals surface area (Å²) in [6.07, 6.45) is 0. The van der Waals surface area contributed by atoms with Crippen molar-refractivity contribution < 1.29 is 24.3 Å². The highest BCUT2D eigenvalue weighted by Gasteiger charge is 2.42. The second-order valence-corrected chi connectivity index (χ2v) is 4.02. The highest BCUT2D eigenvalue weighted by Crippen LogP contribution is 2.24. The van der Waals surface area contributed by atoms with Crippen molar-refractivity contribution in [3.63, 3.8) is 0 Å². The van der Waals surface area contributed by atoms with E-state index in [0.717, 1.165) is 10.6 Å². The Morgan fingerprint density at radius 2 is 2.11 bits per heavy atom. The van der Waals surface area contributed by atoms with Gasteiger partial charge in [-0.3, -0.25) is 14.4 Å². The Labute approximate surface area is 108 Å². The summed E-state index contributed by atoms with van der Waals surface area (Å²) in [5.41, 5.74) is 0.562. The fourth-order valence-electron chi connectivity index (χ4n) is 1.82. The number of Topliss-reactive ketones (excluding diaryl/α,β-unsaturated/α-hetero) is 1. The number of carbonyl (C=O) groups excluding carboxylic acids is 2. The highest BCUT2D eigenvalue weighted by molar-refractivity contribution is 6.05. The lowest BCUT2D eigenvalue weighted by atomic mass is 10.1. The standard InChI is InChI=1S/C13H11NO5/c15-7-10-12(13(17)18)11(16)6-14(10)19-8-9-4-2-1-3-5-9/h1-5,12H,6,8H2,(H,17,18). The maximum absolute atomic E-state index is 11.5. The van der Waals surface area contributed by atoms with Crippen LogP contribution in [0.15, 0.2) is 36.0 Å². The van der Waals surface area contributed by atoms with Gasteiger partial charge in [0, 0.05) is 0 Å². The number of benzene rings is 1. The van der Waals surface area contributed by atoms with E-state index in [2.05, 4.69) is 0 Å². The van der Waals surface area contributed by atoms with Crippen LogP contribution >= 0.6 is 0 Å². The quantitative estimate of drug-likeness (QED) is 0.624. The molecule has 1 heterocycles. The van der Waals surface area contributed by atoms with Crippen LogP contribution in [0.25, 0.3) is 0 Å². The molecule has 1 unspecified atom stereocenters. The van der Waals surface area contributed by atoms with Gasteiger partial charge in [0.05, 0.1) is 6.61 Å². The number of aliphatic carboxylic acids is 1. The predicted molar refractivity (Wildman–Crippen MR) is 63.3 cm³/mol. The molecule has 0 saturated carbocycles. The Hall–Kier alpha value is -2.43. The fraction of sp³-hybridized carbons (Fsp3) is 0.231. The Morgan fingerprint density at radius 3 is 2.68 bits per heavy atom. The summed E-state index contributed by atoms with van der Waals surface area (Å²) in [7, 11) is 0. The predicted octanol–water partition coefficient (Wildman–Crippen LogP) is 0.419. The van der Waals surface area contributed by atoms with Crippen LogP contribution in [0.4, 0.5) is 0 Å². The van der Waals surface area contributed by atoms with Crippen molar-refractivity contribution in [1.29, 1.82) is 0 Å². The number of hydrogen-bond donors (Lipinski definition) is 1. The molecule has 1 aliphatic heterocycles. The van der Waals surface area contributed by atoms with Gasteiger partial charge in [0.15, 0.2) is 11.7 Å². The molecule has 1 aromatic carbocycles. The van der Waals surface area contributed by atoms with E-state index < -0.39 is 17.7 Å². The smallest absolute Gasteiger partial charge is 0.321 e. The number of carbonyl (C=O) groups is 2. The maximum atomic E-state index is 11.5. The lowest BCUT2D eigenvalue weighted by Gasteiger charge is -2.16. The molecule has 2 rings (SSSR count). The molecule has 0 bridgehead atoms. The number of hydrogen-bond acceptors (Lipinski definition) is 5. The normalized spacial score (nSPS) is 18.5. The molecular weight excluding hydrogens is 250 g/mol. The summed E-state index contributed by atoms with van der Waals surface area (Å²) in [6.45, 7) is -0.111. The number of carboxylic acids is 1. The zero-order valence-electron chi connectivity index (χ0n) is 9.91. The van der Waals surface area contributed by atoms with Crippen molar-refractivity contribution >= 4 is 17.7 Å². The first-order valence-electron chi connectivity index (χ1n) is 5.58. The van der Waals surface area contributed by atoms with Gasteiger partial charge in [0.1, 0.15) is 18.2 Å². The number of rotatable bonds is 4. The SMILES string of the molecule is O=C=C1C(C(=O)O)C(=O)CN1OCc1ccccc1. The summed E-state index contributed by atoms with van der Waals surface area (Å²) in [5.74, 6) is -1.95. The van der Waals surface area contributed by atoms with Gasteiger partial charge in [-0.15, -0.1) is 0 Å². The van der Waals surface area contributed by atoms with Gasteiger partial charge in [-0.1, -0.05) is 30.3 Å². The highest BCUT2D eigenvalue weighted by atomic mass is 16.7. The molecule has 1 aliphatic rings. The molecule has 98 valence electrons. The monoisotopic (exact) mass is 261 g/mol. The molecule has 1 N–H and O–H groups in total. The van der Waals surface area contributed by atoms with Crippen LogP contribution < -0.4 is 0 Å². The van der Waals surface area contributed by atoms with Crippen molar-refractivity contribution in [2.75, 3.05) is 6.54 Å². The molecule has 0 radical (unpaired) electrons. The van der Waals surface area contributed by atoms with Crippen LogP contribution in [-0.4, -0.2) is 34.4 Å². The first-order valence-corrected chi connectivity index (χ1v) is 5.58. The third kappa shape index (κ3) is 2.70. The lowest BCUT2D eigenvalue weighted by Crippen LogP contribution is -2.22. The van der Waals surface area contributed by atoms with E-state index in [-0.39, 0.29) is 18.8 Å². The number of nitrogens with zero attached hydrogens (tertiary/aromatic N) is 1. The van der Waals surface area contributed by atoms with Crippen molar-refractivity contribution in [1.82, 2.24) is 5.06 Å². The molecule has 0 spiro atoms. The summed E-state index contributed by atoms with van der Waals surface area (Å²) in [6, 6.07) is 9.13. The van der Waals surface area contributed by atoms with Gasteiger partial charge >= 0.3 is 5.97 Å². The van der Waals surface area contributed by atoms with Gasteiger partial charge in [-0.25, -0.2) is 9.86 Å². The molecule has 1 fully saturated rings. The van der Waals surface area contributed by atoms with Gasteiger partial charge in [-0.2, -0.15) is 0 Å². The minimum absolute atomic E-state index is 0.144. The molecule has 6 heteroatoms. The van der Waals surface area contributed by atoms with Gasteiger partial charge < -0.3 is 5.11 Å². The van der Waals surface area contributed by atoms with E-state index in [0.29, 0.717) is 0 Å². The maximum Gasteiger partial charge on any atom is 0.321 e. The number of carboxylic acid groups (broad SMARTS) is 1. The van der Waals surface area contributed by atoms with E-state index in [4.69, 9.17) is 9.94 Å². The Morgan fingerprint density at radius 1 is 1.42 bits per heavy atom. The Bertz CT molecular complexity index is 547. The van der Waals surface area contributed by atoms with E-state index >= 15 is 0 Å². The van der Waals surface area contributed by atoms with Crippen LogP contribution in [-0.2, 0) is 25.8 Å². The van der Waals surface area contributed by atoms with Crippen molar-refractivity contribution in [3.8, 4) is 0 Å². The Balaban J connectivity index is 2.08. The van der Waals surface area contributed by atoms with Crippen molar-refractivity contribution in [2.24, 2.45) is 5.92 Å². The Kier molecular flexibility index (Phi) is 3.75. The second kappa shape index (κ2) is 5.48. The van der Waals surface area contributed by atoms with E-state index in [1.165, 1.54) is 5.94 Å². The third-order valence-electron chi connectivity index (χ3n) is 2.74. The van der Waals surface area contributed by atoms with E-state index in [1.807, 2.05) is 30.3 Å². The molecule has 1 atom stereocenters. The molecular formula is C13H11NO5. The average Bonchev–Trinajstić information content (AvgIpc) is 2.73. The molecule has 0 aliphatic carbocycles. The third-order valence-corrected chi connectivity index (χ3v) is 2.74. The van der Waals surface area contributed by atoms with Crippen LogP contribution in [0.3, 0.4) is 0 Å². The molecule has 19 heavy (non-hydrogen) atoms. The van der Waals surface area contributed by atoms with Gasteiger partial charge in [0.2, 0.25) is 0 Å². The van der Waals surface area contributed by atoms with Crippen LogP contribution in [0.2, 0.25) is 0 Å². The minimum Gasteiger partial charge on any atom is -0.480 e. The lowest BCUT2D eigenvalue weighted by molar-refractivity contribution is -0.144. The molecule has 0 aromatic heterocycles.